The Morgan fingerprint density at radius 1 is 1.45 bits per heavy atom. The molecular weight excluding hydrogens is 211 g/mol. The summed E-state index contributed by atoms with van der Waals surface area (Å²) in [4.78, 5) is 0. The SMILES string of the molecule is Fc1cc(Br)c2cn[nH]c2c1. The van der Waals surface area contributed by atoms with Crippen molar-refractivity contribution in [3.05, 3.63) is 28.6 Å². The second kappa shape index (κ2) is 2.30. The largest absolute Gasteiger partial charge is 0.278 e. The Morgan fingerprint density at radius 2 is 2.27 bits per heavy atom. The van der Waals surface area contributed by atoms with Crippen molar-refractivity contribution < 1.29 is 4.39 Å². The lowest BCUT2D eigenvalue weighted by molar-refractivity contribution is 0.628. The number of hydrogen-bond donors (Lipinski definition) is 1. The fraction of sp³-hybridized carbons (Fsp3) is 0. The fourth-order valence-electron chi connectivity index (χ4n) is 0.975. The number of nitrogens with zero attached hydrogens (tertiary/aromatic N) is 1. The van der Waals surface area contributed by atoms with E-state index in [0.29, 0.717) is 5.52 Å². The summed E-state index contributed by atoms with van der Waals surface area (Å²) in [5.74, 6) is -0.270. The minimum absolute atomic E-state index is 0.270. The van der Waals surface area contributed by atoms with E-state index in [1.165, 1.54) is 12.1 Å². The highest BCUT2D eigenvalue weighted by atomic mass is 79.9. The number of benzene rings is 1. The number of halogens is 2. The molecule has 0 aliphatic carbocycles. The molecule has 1 N–H and O–H groups in total. The third kappa shape index (κ3) is 1.03. The van der Waals surface area contributed by atoms with Crippen LogP contribution in [0.15, 0.2) is 22.8 Å². The molecule has 0 aliphatic heterocycles. The molecule has 2 nitrogen and oxygen atoms in total. The standard InChI is InChI=1S/C7H4BrFN2/c8-6-1-4(9)2-7-5(6)3-10-11-7/h1-3H,(H,10,11). The molecule has 0 saturated carbocycles. The van der Waals surface area contributed by atoms with Gasteiger partial charge in [-0.3, -0.25) is 5.10 Å². The van der Waals surface area contributed by atoms with Crippen LogP contribution in [0.3, 0.4) is 0 Å². The Bertz CT molecular complexity index is 396. The highest BCUT2D eigenvalue weighted by Gasteiger charge is 2.01. The highest BCUT2D eigenvalue weighted by Crippen LogP contribution is 2.22. The molecule has 0 bridgehead atoms. The smallest absolute Gasteiger partial charge is 0.126 e. The molecule has 11 heavy (non-hydrogen) atoms. The lowest BCUT2D eigenvalue weighted by atomic mass is 10.2. The number of fused-ring (bicyclic) bond motifs is 1. The van der Waals surface area contributed by atoms with Gasteiger partial charge in [-0.1, -0.05) is 0 Å². The molecule has 1 heterocycles. The van der Waals surface area contributed by atoms with Crippen molar-refractivity contribution in [1.29, 1.82) is 0 Å². The molecule has 2 rings (SSSR count). The Morgan fingerprint density at radius 3 is 3.09 bits per heavy atom. The summed E-state index contributed by atoms with van der Waals surface area (Å²) in [6.45, 7) is 0. The van der Waals surface area contributed by atoms with E-state index >= 15 is 0 Å². The van der Waals surface area contributed by atoms with E-state index in [0.717, 1.165) is 9.86 Å². The number of hydrogen-bond acceptors (Lipinski definition) is 1. The second-order valence-corrected chi connectivity index (χ2v) is 3.07. The number of aromatic amines is 1. The topological polar surface area (TPSA) is 28.7 Å². The maximum Gasteiger partial charge on any atom is 0.126 e. The first kappa shape index (κ1) is 6.79. The lowest BCUT2D eigenvalue weighted by Crippen LogP contribution is -1.75. The first-order valence-electron chi connectivity index (χ1n) is 3.05. The summed E-state index contributed by atoms with van der Waals surface area (Å²) in [5, 5.41) is 7.36. The van der Waals surface area contributed by atoms with E-state index in [2.05, 4.69) is 26.1 Å². The Hall–Kier alpha value is -0.900. The summed E-state index contributed by atoms with van der Waals surface area (Å²) < 4.78 is 13.4. The molecule has 1 aromatic heterocycles. The van der Waals surface area contributed by atoms with E-state index in [1.54, 1.807) is 6.20 Å². The summed E-state index contributed by atoms with van der Waals surface area (Å²) in [6.07, 6.45) is 1.65. The van der Waals surface area contributed by atoms with E-state index < -0.39 is 0 Å². The van der Waals surface area contributed by atoms with Crippen LogP contribution in [-0.4, -0.2) is 10.2 Å². The Kier molecular flexibility index (Phi) is 1.42. The Balaban J connectivity index is 2.91. The van der Waals surface area contributed by atoms with Gasteiger partial charge in [0.1, 0.15) is 5.82 Å². The summed E-state index contributed by atoms with van der Waals surface area (Å²) in [5.41, 5.74) is 0.705. The van der Waals surface area contributed by atoms with Crippen LogP contribution in [-0.2, 0) is 0 Å². The number of H-pyrrole nitrogens is 1. The lowest BCUT2D eigenvalue weighted by Gasteiger charge is -1.92. The van der Waals surface area contributed by atoms with Crippen LogP contribution in [0.1, 0.15) is 0 Å². The molecule has 1 aromatic carbocycles. The van der Waals surface area contributed by atoms with Crippen LogP contribution in [0.5, 0.6) is 0 Å². The predicted molar refractivity (Wildman–Crippen MR) is 43.8 cm³/mol. The molecule has 0 spiro atoms. The van der Waals surface area contributed by atoms with Gasteiger partial charge >= 0.3 is 0 Å². The van der Waals surface area contributed by atoms with Crippen LogP contribution in [0.2, 0.25) is 0 Å². The second-order valence-electron chi connectivity index (χ2n) is 2.22. The van der Waals surface area contributed by atoms with Gasteiger partial charge in [-0.25, -0.2) is 4.39 Å². The van der Waals surface area contributed by atoms with Gasteiger partial charge in [0.25, 0.3) is 0 Å². The van der Waals surface area contributed by atoms with Gasteiger partial charge in [-0.05, 0) is 28.1 Å². The van der Waals surface area contributed by atoms with E-state index in [4.69, 9.17) is 0 Å². The van der Waals surface area contributed by atoms with Crippen molar-refractivity contribution in [3.8, 4) is 0 Å². The molecule has 0 unspecified atom stereocenters. The maximum absolute atomic E-state index is 12.7. The van der Waals surface area contributed by atoms with Gasteiger partial charge in [0.15, 0.2) is 0 Å². The molecule has 2 aromatic rings. The van der Waals surface area contributed by atoms with Crippen molar-refractivity contribution >= 4 is 26.8 Å². The molecule has 0 radical (unpaired) electrons. The molecule has 0 fully saturated rings. The zero-order chi connectivity index (χ0) is 7.84. The van der Waals surface area contributed by atoms with Crippen molar-refractivity contribution in [3.63, 3.8) is 0 Å². The average molecular weight is 215 g/mol. The van der Waals surface area contributed by atoms with Crippen LogP contribution in [0, 0.1) is 5.82 Å². The van der Waals surface area contributed by atoms with Crippen LogP contribution < -0.4 is 0 Å². The van der Waals surface area contributed by atoms with E-state index in [1.807, 2.05) is 0 Å². The highest BCUT2D eigenvalue weighted by molar-refractivity contribution is 9.10. The summed E-state index contributed by atoms with van der Waals surface area (Å²) in [6, 6.07) is 2.82. The van der Waals surface area contributed by atoms with Crippen LogP contribution in [0.25, 0.3) is 10.9 Å². The molecule has 0 aliphatic rings. The quantitative estimate of drug-likeness (QED) is 0.718. The first-order chi connectivity index (χ1) is 5.27. The van der Waals surface area contributed by atoms with E-state index in [-0.39, 0.29) is 5.82 Å². The molecule has 0 amide bonds. The predicted octanol–water partition coefficient (Wildman–Crippen LogP) is 2.46. The van der Waals surface area contributed by atoms with Crippen molar-refractivity contribution in [2.75, 3.05) is 0 Å². The monoisotopic (exact) mass is 214 g/mol. The zero-order valence-corrected chi connectivity index (χ0v) is 7.02. The minimum Gasteiger partial charge on any atom is -0.278 e. The van der Waals surface area contributed by atoms with E-state index in [9.17, 15) is 4.39 Å². The first-order valence-corrected chi connectivity index (χ1v) is 3.85. The van der Waals surface area contributed by atoms with Gasteiger partial charge in [0, 0.05) is 9.86 Å². The van der Waals surface area contributed by atoms with Crippen molar-refractivity contribution in [2.45, 2.75) is 0 Å². The summed E-state index contributed by atoms with van der Waals surface area (Å²) in [7, 11) is 0. The molecule has 0 atom stereocenters. The van der Waals surface area contributed by atoms with Gasteiger partial charge in [-0.15, -0.1) is 0 Å². The molecule has 0 saturated heterocycles. The van der Waals surface area contributed by atoms with Crippen LogP contribution >= 0.6 is 15.9 Å². The molecular formula is C7H4BrFN2. The van der Waals surface area contributed by atoms with Crippen molar-refractivity contribution in [2.24, 2.45) is 0 Å². The zero-order valence-electron chi connectivity index (χ0n) is 5.44. The van der Waals surface area contributed by atoms with Gasteiger partial charge in [0.05, 0.1) is 11.7 Å². The average Bonchev–Trinajstić information content (AvgIpc) is 2.34. The Labute approximate surface area is 70.5 Å². The van der Waals surface area contributed by atoms with Gasteiger partial charge in [0.2, 0.25) is 0 Å². The molecule has 4 heteroatoms. The fourth-order valence-corrected chi connectivity index (χ4v) is 1.51. The van der Waals surface area contributed by atoms with Gasteiger partial charge in [-0.2, -0.15) is 5.10 Å². The minimum atomic E-state index is -0.270. The van der Waals surface area contributed by atoms with Gasteiger partial charge < -0.3 is 0 Å². The maximum atomic E-state index is 12.7. The third-order valence-electron chi connectivity index (χ3n) is 1.47. The summed E-state index contributed by atoms with van der Waals surface area (Å²) >= 11 is 3.23. The van der Waals surface area contributed by atoms with Crippen molar-refractivity contribution in [1.82, 2.24) is 10.2 Å². The van der Waals surface area contributed by atoms with Crippen LogP contribution in [0.4, 0.5) is 4.39 Å². The number of rotatable bonds is 0. The molecule has 56 valence electrons. The number of aromatic nitrogens is 2. The normalized spacial score (nSPS) is 10.7. The third-order valence-corrected chi connectivity index (χ3v) is 2.13. The number of nitrogens with one attached hydrogen (secondary N) is 1.